The first-order valence-electron chi connectivity index (χ1n) is 9.76. The van der Waals surface area contributed by atoms with Crippen LogP contribution in [0.25, 0.3) is 10.9 Å². The molecule has 3 fully saturated rings. The molecule has 1 aliphatic carbocycles. The average Bonchev–Trinajstić information content (AvgIpc) is 2.91. The zero-order valence-electron chi connectivity index (χ0n) is 15.1. The predicted octanol–water partition coefficient (Wildman–Crippen LogP) is 2.74. The first-order chi connectivity index (χ1) is 12.1. The van der Waals surface area contributed by atoms with Crippen LogP contribution in [0, 0.1) is 11.8 Å². The first-order valence-corrected chi connectivity index (χ1v) is 9.76. The molecule has 6 rings (SSSR count). The maximum Gasteiger partial charge on any atom is 0.273 e. The number of fused-ring (bicyclic) bond motifs is 3. The van der Waals surface area contributed by atoms with Crippen LogP contribution in [-0.4, -0.2) is 39.3 Å². The summed E-state index contributed by atoms with van der Waals surface area (Å²) in [6.07, 6.45) is 6.30. The highest BCUT2D eigenvalue weighted by Gasteiger charge is 2.42. The van der Waals surface area contributed by atoms with Crippen LogP contribution in [0.4, 0.5) is 0 Å². The van der Waals surface area contributed by atoms with Crippen LogP contribution in [0.3, 0.4) is 0 Å². The predicted molar refractivity (Wildman–Crippen MR) is 97.9 cm³/mol. The van der Waals surface area contributed by atoms with Gasteiger partial charge in [0.2, 0.25) is 0 Å². The van der Waals surface area contributed by atoms with Gasteiger partial charge < -0.3 is 4.90 Å². The normalized spacial score (nSPS) is 31.0. The minimum absolute atomic E-state index is 0.0271. The molecule has 5 heterocycles. The maximum atomic E-state index is 12.9. The third-order valence-corrected chi connectivity index (χ3v) is 6.72. The van der Waals surface area contributed by atoms with Gasteiger partial charge >= 0.3 is 0 Å². The molecule has 2 aromatic heterocycles. The van der Waals surface area contributed by atoms with Gasteiger partial charge in [0.05, 0.1) is 11.2 Å². The minimum Gasteiger partial charge on any atom is -0.303 e. The number of aryl methyl sites for hydroxylation is 1. The van der Waals surface area contributed by atoms with Crippen LogP contribution >= 0.6 is 0 Å². The molecular weight excluding hydrogens is 312 g/mol. The van der Waals surface area contributed by atoms with E-state index in [4.69, 9.17) is 5.10 Å². The van der Waals surface area contributed by atoms with Crippen LogP contribution < -0.4 is 5.56 Å². The van der Waals surface area contributed by atoms with E-state index in [-0.39, 0.29) is 11.6 Å². The highest BCUT2D eigenvalue weighted by Crippen LogP contribution is 2.46. The molecule has 132 valence electrons. The smallest absolute Gasteiger partial charge is 0.273 e. The van der Waals surface area contributed by atoms with E-state index >= 15 is 0 Å². The van der Waals surface area contributed by atoms with E-state index in [0.29, 0.717) is 11.8 Å². The van der Waals surface area contributed by atoms with Crippen molar-refractivity contribution < 1.29 is 0 Å². The van der Waals surface area contributed by atoms with Gasteiger partial charge in [0, 0.05) is 29.7 Å². The molecule has 0 aromatic carbocycles. The Morgan fingerprint density at radius 1 is 1.20 bits per heavy atom. The van der Waals surface area contributed by atoms with Crippen molar-refractivity contribution in [3.8, 4) is 0 Å². The quantitative estimate of drug-likeness (QED) is 0.845. The van der Waals surface area contributed by atoms with E-state index in [1.165, 1.54) is 25.9 Å². The molecule has 2 bridgehead atoms. The fourth-order valence-electron chi connectivity index (χ4n) is 5.55. The van der Waals surface area contributed by atoms with E-state index in [1.54, 1.807) is 6.20 Å². The van der Waals surface area contributed by atoms with Crippen molar-refractivity contribution in [3.05, 3.63) is 33.9 Å². The molecule has 2 atom stereocenters. The van der Waals surface area contributed by atoms with Crippen LogP contribution in [0.1, 0.15) is 56.3 Å². The highest BCUT2D eigenvalue weighted by atomic mass is 16.1. The van der Waals surface area contributed by atoms with Gasteiger partial charge in [0.1, 0.15) is 0 Å². The standard InChI is InChI=1S/C20H26N4O/c1-12(2)24-17-5-8-21-20(25)18-14(3-4-16(22-24)19(17)18)15-11-23-9-6-13(15)7-10-23/h5,8,12-15H,3-4,6-7,9-11H2,1-2H3/t14-,15?/m0/s1. The zero-order chi connectivity index (χ0) is 17.1. The molecule has 0 saturated carbocycles. The Morgan fingerprint density at radius 2 is 2.00 bits per heavy atom. The van der Waals surface area contributed by atoms with Crippen molar-refractivity contribution >= 4 is 10.9 Å². The van der Waals surface area contributed by atoms with E-state index in [1.807, 2.05) is 6.07 Å². The summed E-state index contributed by atoms with van der Waals surface area (Å²) in [5, 5.41) is 5.97. The molecule has 0 amide bonds. The summed E-state index contributed by atoms with van der Waals surface area (Å²) in [4.78, 5) is 19.8. The van der Waals surface area contributed by atoms with Gasteiger partial charge in [0.25, 0.3) is 5.56 Å². The second-order valence-electron chi connectivity index (χ2n) is 8.36. The molecule has 25 heavy (non-hydrogen) atoms. The molecule has 4 aliphatic rings. The molecule has 1 unspecified atom stereocenters. The van der Waals surface area contributed by atoms with E-state index in [2.05, 4.69) is 28.4 Å². The lowest BCUT2D eigenvalue weighted by Gasteiger charge is -2.48. The van der Waals surface area contributed by atoms with E-state index in [9.17, 15) is 4.79 Å². The number of rotatable bonds is 2. The molecular formula is C20H26N4O. The zero-order valence-corrected chi connectivity index (χ0v) is 15.1. The van der Waals surface area contributed by atoms with Gasteiger partial charge in [-0.15, -0.1) is 0 Å². The third kappa shape index (κ3) is 2.28. The van der Waals surface area contributed by atoms with Crippen LogP contribution in [0.5, 0.6) is 0 Å². The number of hydrogen-bond acceptors (Lipinski definition) is 4. The summed E-state index contributed by atoms with van der Waals surface area (Å²) in [5.74, 6) is 1.73. The molecule has 0 spiro atoms. The van der Waals surface area contributed by atoms with Gasteiger partial charge in [0.15, 0.2) is 0 Å². The van der Waals surface area contributed by atoms with Gasteiger partial charge in [-0.3, -0.25) is 9.48 Å². The van der Waals surface area contributed by atoms with Crippen molar-refractivity contribution in [2.75, 3.05) is 19.6 Å². The van der Waals surface area contributed by atoms with Crippen molar-refractivity contribution in [2.45, 2.75) is 51.5 Å². The molecule has 2 aromatic rings. The Hall–Kier alpha value is -1.75. The fraction of sp³-hybridized carbons (Fsp3) is 0.650. The lowest BCUT2D eigenvalue weighted by molar-refractivity contribution is 0.0345. The van der Waals surface area contributed by atoms with E-state index < -0.39 is 0 Å². The Bertz CT molecular complexity index is 879. The summed E-state index contributed by atoms with van der Waals surface area (Å²) in [6.45, 7) is 7.94. The van der Waals surface area contributed by atoms with Gasteiger partial charge in [-0.05, 0) is 76.4 Å². The number of hydrogen-bond donors (Lipinski definition) is 0. The maximum absolute atomic E-state index is 12.9. The highest BCUT2D eigenvalue weighted by molar-refractivity contribution is 5.86. The second kappa shape index (κ2) is 5.63. The van der Waals surface area contributed by atoms with Gasteiger partial charge in [-0.2, -0.15) is 5.10 Å². The molecule has 3 aliphatic heterocycles. The van der Waals surface area contributed by atoms with E-state index in [0.717, 1.165) is 47.5 Å². The summed E-state index contributed by atoms with van der Waals surface area (Å²) in [6, 6.07) is 2.27. The number of nitrogens with zero attached hydrogens (tertiary/aromatic N) is 4. The molecule has 0 radical (unpaired) electrons. The largest absolute Gasteiger partial charge is 0.303 e. The van der Waals surface area contributed by atoms with Crippen LogP contribution in [-0.2, 0) is 6.42 Å². The lowest BCUT2D eigenvalue weighted by Crippen LogP contribution is -2.50. The lowest BCUT2D eigenvalue weighted by atomic mass is 9.67. The number of aromatic nitrogens is 3. The SMILES string of the molecule is CC(C)n1nc2c3c(c(=O)nccc31)[C@H](C1CN3CCC1CC3)CC2. The molecule has 3 saturated heterocycles. The van der Waals surface area contributed by atoms with Crippen LogP contribution in [0.15, 0.2) is 17.1 Å². The Labute approximate surface area is 148 Å². The fourth-order valence-corrected chi connectivity index (χ4v) is 5.55. The Morgan fingerprint density at radius 3 is 2.68 bits per heavy atom. The average molecular weight is 338 g/mol. The molecule has 5 heteroatoms. The minimum atomic E-state index is -0.0271. The van der Waals surface area contributed by atoms with Gasteiger partial charge in [-0.1, -0.05) is 0 Å². The topological polar surface area (TPSA) is 51.0 Å². The van der Waals surface area contributed by atoms with Crippen LogP contribution in [0.2, 0.25) is 0 Å². The third-order valence-electron chi connectivity index (χ3n) is 6.72. The Balaban J connectivity index is 1.71. The molecule has 0 N–H and O–H groups in total. The van der Waals surface area contributed by atoms with Gasteiger partial charge in [-0.25, -0.2) is 4.98 Å². The van der Waals surface area contributed by atoms with Crippen molar-refractivity contribution in [1.29, 1.82) is 0 Å². The summed E-state index contributed by atoms with van der Waals surface area (Å²) < 4.78 is 2.08. The number of piperidine rings is 3. The van der Waals surface area contributed by atoms with Crippen molar-refractivity contribution in [3.63, 3.8) is 0 Å². The van der Waals surface area contributed by atoms with Crippen molar-refractivity contribution in [1.82, 2.24) is 19.7 Å². The second-order valence-corrected chi connectivity index (χ2v) is 8.36. The molecule has 5 nitrogen and oxygen atoms in total. The first kappa shape index (κ1) is 15.5. The summed E-state index contributed by atoms with van der Waals surface area (Å²) >= 11 is 0. The summed E-state index contributed by atoms with van der Waals surface area (Å²) in [7, 11) is 0. The monoisotopic (exact) mass is 338 g/mol. The Kier molecular flexibility index (Phi) is 3.49. The summed E-state index contributed by atoms with van der Waals surface area (Å²) in [5.41, 5.74) is 3.12. The van der Waals surface area contributed by atoms with Crippen molar-refractivity contribution in [2.24, 2.45) is 11.8 Å².